The number of Topliss-reactive ketones (excluding diaryl/α,β-unsaturated/α-hetero) is 1. The molecule has 0 bridgehead atoms. The van der Waals surface area contributed by atoms with Gasteiger partial charge in [0.15, 0.2) is 5.78 Å². The molecule has 2 aromatic heterocycles. The highest BCUT2D eigenvalue weighted by Gasteiger charge is 2.29. The number of allylic oxidation sites excluding steroid dienone is 4. The Kier molecular flexibility index (Phi) is 5.54. The number of aryl methyl sites for hydroxylation is 1. The van der Waals surface area contributed by atoms with Crippen LogP contribution in [0.25, 0.3) is 27.4 Å². The van der Waals surface area contributed by atoms with Gasteiger partial charge in [0.1, 0.15) is 16.7 Å². The lowest BCUT2D eigenvalue weighted by atomic mass is 9.93. The van der Waals surface area contributed by atoms with Crippen LogP contribution in [0.5, 0.6) is 0 Å². The number of hydrogen-bond acceptors (Lipinski definition) is 3. The summed E-state index contributed by atoms with van der Waals surface area (Å²) in [5, 5.41) is 11.9. The molecule has 0 aliphatic heterocycles. The number of benzene rings is 2. The number of para-hydroxylation sites is 1. The van der Waals surface area contributed by atoms with Gasteiger partial charge in [-0.3, -0.25) is 4.79 Å². The molecule has 0 radical (unpaired) electrons. The Morgan fingerprint density at radius 1 is 1.21 bits per heavy atom. The van der Waals surface area contributed by atoms with Gasteiger partial charge in [0, 0.05) is 33.9 Å². The van der Waals surface area contributed by atoms with Gasteiger partial charge in [-0.2, -0.15) is 0 Å². The minimum absolute atomic E-state index is 0.0526. The molecule has 1 aliphatic rings. The molecule has 2 aromatic carbocycles. The number of carboxylic acids is 1. The van der Waals surface area contributed by atoms with Crippen molar-refractivity contribution in [2.75, 3.05) is 0 Å². The van der Waals surface area contributed by atoms with E-state index in [9.17, 15) is 19.1 Å². The normalized spacial score (nSPS) is 13.6. The van der Waals surface area contributed by atoms with Crippen molar-refractivity contribution < 1.29 is 19.1 Å². The third-order valence-corrected chi connectivity index (χ3v) is 6.49. The first-order valence-corrected chi connectivity index (χ1v) is 11.3. The van der Waals surface area contributed by atoms with Crippen LogP contribution in [-0.2, 0) is 17.8 Å². The molecule has 0 saturated carbocycles. The van der Waals surface area contributed by atoms with Gasteiger partial charge in [0.2, 0.25) is 0 Å². The first-order chi connectivity index (χ1) is 16.4. The fourth-order valence-electron chi connectivity index (χ4n) is 4.53. The number of carbonyl (C=O) groups excluding carboxylic acids is 1. The third kappa shape index (κ3) is 3.60. The molecule has 0 fully saturated rings. The smallest absolute Gasteiger partial charge is 0.353 e. The van der Waals surface area contributed by atoms with E-state index in [0.29, 0.717) is 39.6 Å². The summed E-state index contributed by atoms with van der Waals surface area (Å²) in [4.78, 5) is 29.8. The Morgan fingerprint density at radius 3 is 2.74 bits per heavy atom. The predicted molar refractivity (Wildman–Crippen MR) is 131 cm³/mol. The molecule has 0 spiro atoms. The first-order valence-electron chi connectivity index (χ1n) is 10.9. The average molecular weight is 475 g/mol. The molecule has 0 amide bonds. The number of ketones is 1. The molecule has 34 heavy (non-hydrogen) atoms. The van der Waals surface area contributed by atoms with Gasteiger partial charge < -0.3 is 9.67 Å². The Labute approximate surface area is 199 Å². The van der Waals surface area contributed by atoms with E-state index in [-0.39, 0.29) is 29.6 Å². The minimum atomic E-state index is -1.21. The molecule has 7 heteroatoms. The van der Waals surface area contributed by atoms with Gasteiger partial charge in [-0.25, -0.2) is 14.2 Å². The molecule has 1 aliphatic carbocycles. The molecule has 4 aromatic rings. The third-order valence-electron chi connectivity index (χ3n) is 6.17. The Bertz CT molecular complexity index is 1570. The molecule has 1 N–H and O–H groups in total. The monoisotopic (exact) mass is 474 g/mol. The van der Waals surface area contributed by atoms with Crippen LogP contribution in [0, 0.1) is 5.82 Å². The number of hydrogen-bond donors (Lipinski definition) is 1. The standard InChI is InChI=1S/C27H20ClFN2O3/c1-2-15-12-19-22(13-20(15)29)31(14-17-11-16-7-3-5-9-21(16)30-26(17)28)25(27(33)34)24(19)18-8-4-6-10-23(18)32/h3-9,11-13H,2,10,14H2,1H3,(H,33,34). The predicted octanol–water partition coefficient (Wildman–Crippen LogP) is 6.20. The summed E-state index contributed by atoms with van der Waals surface area (Å²) < 4.78 is 16.4. The van der Waals surface area contributed by atoms with Gasteiger partial charge in [-0.15, -0.1) is 0 Å². The van der Waals surface area contributed by atoms with Crippen LogP contribution in [-0.4, -0.2) is 26.4 Å². The van der Waals surface area contributed by atoms with E-state index in [1.807, 2.05) is 37.3 Å². The van der Waals surface area contributed by atoms with Gasteiger partial charge in [0.25, 0.3) is 0 Å². The summed E-state index contributed by atoms with van der Waals surface area (Å²) in [6.45, 7) is 1.88. The van der Waals surface area contributed by atoms with Crippen LogP contribution >= 0.6 is 11.6 Å². The number of aromatic carboxylic acids is 1. The zero-order valence-corrected chi connectivity index (χ0v) is 19.1. The van der Waals surface area contributed by atoms with Crippen LogP contribution in [0.3, 0.4) is 0 Å². The second-order valence-corrected chi connectivity index (χ2v) is 8.55. The van der Waals surface area contributed by atoms with Gasteiger partial charge in [-0.1, -0.05) is 55.0 Å². The van der Waals surface area contributed by atoms with E-state index in [1.165, 1.54) is 10.6 Å². The Balaban J connectivity index is 1.82. The Morgan fingerprint density at radius 2 is 2.00 bits per heavy atom. The summed E-state index contributed by atoms with van der Waals surface area (Å²) in [7, 11) is 0. The van der Waals surface area contributed by atoms with Crippen molar-refractivity contribution in [2.24, 2.45) is 0 Å². The summed E-state index contributed by atoms with van der Waals surface area (Å²) in [5.74, 6) is -1.82. The highest BCUT2D eigenvalue weighted by molar-refractivity contribution is 6.30. The van der Waals surface area contributed by atoms with Crippen LogP contribution in [0.1, 0.15) is 40.5 Å². The summed E-state index contributed by atoms with van der Waals surface area (Å²) >= 11 is 6.47. The second-order valence-electron chi connectivity index (χ2n) is 8.20. The van der Waals surface area contributed by atoms with E-state index in [4.69, 9.17) is 11.6 Å². The largest absolute Gasteiger partial charge is 0.477 e. The maximum absolute atomic E-state index is 14.9. The van der Waals surface area contributed by atoms with Crippen molar-refractivity contribution in [3.8, 4) is 0 Å². The number of carbonyl (C=O) groups is 2. The lowest BCUT2D eigenvalue weighted by Gasteiger charge is -2.13. The zero-order chi connectivity index (χ0) is 24.0. The number of halogens is 2. The van der Waals surface area contributed by atoms with Gasteiger partial charge in [0.05, 0.1) is 17.6 Å². The quantitative estimate of drug-likeness (QED) is 0.349. The van der Waals surface area contributed by atoms with Crippen molar-refractivity contribution in [1.82, 2.24) is 9.55 Å². The van der Waals surface area contributed by atoms with Crippen molar-refractivity contribution in [1.29, 1.82) is 0 Å². The first kappa shape index (κ1) is 22.0. The fourth-order valence-corrected chi connectivity index (χ4v) is 4.73. The number of carboxylic acid groups (broad SMARTS) is 1. The highest BCUT2D eigenvalue weighted by atomic mass is 35.5. The van der Waals surface area contributed by atoms with E-state index in [2.05, 4.69) is 4.98 Å². The van der Waals surface area contributed by atoms with Crippen LogP contribution < -0.4 is 0 Å². The lowest BCUT2D eigenvalue weighted by Crippen LogP contribution is -2.14. The second kappa shape index (κ2) is 8.54. The molecule has 2 heterocycles. The SMILES string of the molecule is CCc1cc2c(C3=CC=CCC3=O)c(C(=O)O)n(Cc3cc4ccccc4nc3Cl)c2cc1F. The molecule has 5 rings (SSSR count). The van der Waals surface area contributed by atoms with Crippen molar-refractivity contribution in [2.45, 2.75) is 26.3 Å². The highest BCUT2D eigenvalue weighted by Crippen LogP contribution is 2.37. The van der Waals surface area contributed by atoms with E-state index in [1.54, 1.807) is 24.3 Å². The number of rotatable bonds is 5. The molecule has 0 atom stereocenters. The number of aromatic nitrogens is 2. The summed E-state index contributed by atoms with van der Waals surface area (Å²) in [6, 6.07) is 12.3. The van der Waals surface area contributed by atoms with Gasteiger partial charge >= 0.3 is 5.97 Å². The van der Waals surface area contributed by atoms with E-state index < -0.39 is 11.8 Å². The fraction of sp³-hybridized carbons (Fsp3) is 0.148. The topological polar surface area (TPSA) is 72.2 Å². The molecule has 0 unspecified atom stereocenters. The summed E-state index contributed by atoms with van der Waals surface area (Å²) in [6.07, 6.45) is 5.70. The minimum Gasteiger partial charge on any atom is -0.477 e. The van der Waals surface area contributed by atoms with Crippen molar-refractivity contribution in [3.63, 3.8) is 0 Å². The lowest BCUT2D eigenvalue weighted by molar-refractivity contribution is -0.113. The van der Waals surface area contributed by atoms with Crippen LogP contribution in [0.4, 0.5) is 4.39 Å². The number of pyridine rings is 1. The van der Waals surface area contributed by atoms with Gasteiger partial charge in [-0.05, 0) is 36.2 Å². The molecular weight excluding hydrogens is 455 g/mol. The van der Waals surface area contributed by atoms with E-state index >= 15 is 0 Å². The zero-order valence-electron chi connectivity index (χ0n) is 18.3. The average Bonchev–Trinajstić information content (AvgIpc) is 3.12. The summed E-state index contributed by atoms with van der Waals surface area (Å²) in [5.41, 5.74) is 2.67. The van der Waals surface area contributed by atoms with Crippen LogP contribution in [0.2, 0.25) is 5.15 Å². The maximum atomic E-state index is 14.9. The van der Waals surface area contributed by atoms with Crippen molar-refractivity contribution in [3.05, 3.63) is 94.0 Å². The Hall–Kier alpha value is -3.77. The molecule has 5 nitrogen and oxygen atoms in total. The molecule has 170 valence electrons. The van der Waals surface area contributed by atoms with E-state index in [0.717, 1.165) is 10.9 Å². The maximum Gasteiger partial charge on any atom is 0.353 e. The van der Waals surface area contributed by atoms with Crippen molar-refractivity contribution >= 4 is 50.7 Å². The molecular formula is C27H20ClFN2O3. The number of fused-ring (bicyclic) bond motifs is 2. The van der Waals surface area contributed by atoms with Crippen LogP contribution in [0.15, 0.2) is 60.7 Å². The molecule has 0 saturated heterocycles. The number of nitrogens with zero attached hydrogens (tertiary/aromatic N) is 2.